The molecule has 0 fully saturated rings. The molecular formula is C18H21FN2O4S. The van der Waals surface area contributed by atoms with Gasteiger partial charge in [0.25, 0.3) is 0 Å². The lowest BCUT2D eigenvalue weighted by Crippen LogP contribution is -2.35. The van der Waals surface area contributed by atoms with Crippen molar-refractivity contribution >= 4 is 21.6 Å². The number of benzene rings is 2. The summed E-state index contributed by atoms with van der Waals surface area (Å²) < 4.78 is 44.7. The molecule has 0 heterocycles. The molecule has 1 N–H and O–H groups in total. The van der Waals surface area contributed by atoms with Crippen LogP contribution < -0.4 is 10.1 Å². The molecule has 0 bridgehead atoms. The molecule has 0 atom stereocenters. The number of sulfonamides is 1. The first-order valence-electron chi connectivity index (χ1n) is 7.82. The molecule has 0 aliphatic rings. The second-order valence-corrected chi connectivity index (χ2v) is 7.87. The van der Waals surface area contributed by atoms with Gasteiger partial charge in [-0.1, -0.05) is 12.1 Å². The number of ether oxygens (including phenoxy) is 1. The number of carbonyl (C=O) groups excluding carboxylic acids is 1. The maximum absolute atomic E-state index is 13.5. The molecule has 26 heavy (non-hydrogen) atoms. The predicted octanol–water partition coefficient (Wildman–Crippen LogP) is 2.71. The molecule has 140 valence electrons. The third kappa shape index (κ3) is 4.20. The summed E-state index contributed by atoms with van der Waals surface area (Å²) in [5, 5.41) is 2.70. The minimum absolute atomic E-state index is 0.00758. The molecule has 6 nitrogen and oxygen atoms in total. The highest BCUT2D eigenvalue weighted by Crippen LogP contribution is 2.27. The molecule has 2 rings (SSSR count). The number of halogens is 1. The van der Waals surface area contributed by atoms with Crippen LogP contribution in [0, 0.1) is 19.7 Å². The van der Waals surface area contributed by atoms with Gasteiger partial charge in [-0.15, -0.1) is 0 Å². The number of likely N-dealkylation sites (N-methyl/N-ethyl adjacent to an activating group) is 1. The summed E-state index contributed by atoms with van der Waals surface area (Å²) in [6.07, 6.45) is 0. The molecule has 0 aromatic heterocycles. The third-order valence-electron chi connectivity index (χ3n) is 4.06. The summed E-state index contributed by atoms with van der Waals surface area (Å²) in [5.41, 5.74) is 2.52. The van der Waals surface area contributed by atoms with Crippen LogP contribution in [-0.4, -0.2) is 39.3 Å². The molecule has 2 aromatic carbocycles. The monoisotopic (exact) mass is 380 g/mol. The highest BCUT2D eigenvalue weighted by molar-refractivity contribution is 7.89. The maximum atomic E-state index is 13.5. The Balaban J connectivity index is 2.20. The Hall–Kier alpha value is -2.45. The van der Waals surface area contributed by atoms with Gasteiger partial charge in [0.15, 0.2) is 0 Å². The van der Waals surface area contributed by atoms with Gasteiger partial charge in [0, 0.05) is 12.7 Å². The van der Waals surface area contributed by atoms with E-state index in [4.69, 9.17) is 4.74 Å². The van der Waals surface area contributed by atoms with E-state index in [1.54, 1.807) is 12.1 Å². The molecule has 1 amide bonds. The van der Waals surface area contributed by atoms with Gasteiger partial charge in [0.05, 0.1) is 13.7 Å². The van der Waals surface area contributed by atoms with Crippen LogP contribution in [0.1, 0.15) is 11.1 Å². The lowest BCUT2D eigenvalue weighted by Gasteiger charge is -2.19. The van der Waals surface area contributed by atoms with Crippen molar-refractivity contribution in [1.82, 2.24) is 4.31 Å². The van der Waals surface area contributed by atoms with E-state index in [1.807, 2.05) is 19.9 Å². The Labute approximate surface area is 152 Å². The van der Waals surface area contributed by atoms with Crippen molar-refractivity contribution in [3.63, 3.8) is 0 Å². The first kappa shape index (κ1) is 19.9. The zero-order chi connectivity index (χ0) is 19.5. The normalized spacial score (nSPS) is 11.5. The lowest BCUT2D eigenvalue weighted by atomic mass is 10.1. The number of hydrogen-bond acceptors (Lipinski definition) is 4. The predicted molar refractivity (Wildman–Crippen MR) is 97.3 cm³/mol. The van der Waals surface area contributed by atoms with Crippen molar-refractivity contribution < 1.29 is 22.3 Å². The van der Waals surface area contributed by atoms with E-state index >= 15 is 0 Å². The Morgan fingerprint density at radius 3 is 2.58 bits per heavy atom. The average Bonchev–Trinajstić information content (AvgIpc) is 2.58. The average molecular weight is 380 g/mol. The van der Waals surface area contributed by atoms with Crippen molar-refractivity contribution in [3.8, 4) is 5.75 Å². The molecule has 0 aliphatic carbocycles. The summed E-state index contributed by atoms with van der Waals surface area (Å²) in [4.78, 5) is 11.9. The van der Waals surface area contributed by atoms with Crippen LogP contribution in [0.2, 0.25) is 0 Å². The van der Waals surface area contributed by atoms with Crippen molar-refractivity contribution in [2.45, 2.75) is 18.7 Å². The van der Waals surface area contributed by atoms with Crippen LogP contribution in [0.25, 0.3) is 0 Å². The van der Waals surface area contributed by atoms with E-state index in [-0.39, 0.29) is 10.6 Å². The topological polar surface area (TPSA) is 75.7 Å². The first-order valence-corrected chi connectivity index (χ1v) is 9.26. The number of anilines is 1. The highest BCUT2D eigenvalue weighted by atomic mass is 32.2. The quantitative estimate of drug-likeness (QED) is 0.836. The highest BCUT2D eigenvalue weighted by Gasteiger charge is 2.27. The van der Waals surface area contributed by atoms with E-state index in [2.05, 4.69) is 5.32 Å². The van der Waals surface area contributed by atoms with E-state index in [0.717, 1.165) is 27.6 Å². The fourth-order valence-electron chi connectivity index (χ4n) is 2.38. The van der Waals surface area contributed by atoms with Crippen LogP contribution in [0.4, 0.5) is 10.1 Å². The molecule has 0 spiro atoms. The molecular weight excluding hydrogens is 359 g/mol. The van der Waals surface area contributed by atoms with Crippen LogP contribution in [0.5, 0.6) is 5.75 Å². The van der Waals surface area contributed by atoms with Gasteiger partial charge < -0.3 is 10.1 Å². The molecule has 0 aliphatic heterocycles. The summed E-state index contributed by atoms with van der Waals surface area (Å²) >= 11 is 0. The molecule has 0 saturated heterocycles. The number of amides is 1. The van der Waals surface area contributed by atoms with Gasteiger partial charge in [0.2, 0.25) is 15.9 Å². The summed E-state index contributed by atoms with van der Waals surface area (Å²) in [6.45, 7) is 3.36. The maximum Gasteiger partial charge on any atom is 0.247 e. The van der Waals surface area contributed by atoms with E-state index in [0.29, 0.717) is 5.69 Å². The van der Waals surface area contributed by atoms with Crippen LogP contribution in [-0.2, 0) is 14.8 Å². The Morgan fingerprint density at radius 1 is 1.23 bits per heavy atom. The zero-order valence-electron chi connectivity index (χ0n) is 15.0. The van der Waals surface area contributed by atoms with E-state index in [1.165, 1.54) is 20.2 Å². The minimum Gasteiger partial charge on any atom is -0.495 e. The molecule has 0 radical (unpaired) electrons. The molecule has 2 aromatic rings. The zero-order valence-corrected chi connectivity index (χ0v) is 15.9. The van der Waals surface area contributed by atoms with Crippen LogP contribution in [0.3, 0.4) is 0 Å². The number of rotatable bonds is 6. The number of methoxy groups -OCH3 is 1. The second kappa shape index (κ2) is 7.84. The van der Waals surface area contributed by atoms with Crippen molar-refractivity contribution in [2.24, 2.45) is 0 Å². The summed E-state index contributed by atoms with van der Waals surface area (Å²) in [5.74, 6) is -1.20. The Morgan fingerprint density at radius 2 is 1.92 bits per heavy atom. The first-order chi connectivity index (χ1) is 12.2. The molecule has 8 heteroatoms. The lowest BCUT2D eigenvalue weighted by molar-refractivity contribution is -0.116. The third-order valence-corrected chi connectivity index (χ3v) is 5.88. The minimum atomic E-state index is -4.10. The van der Waals surface area contributed by atoms with Gasteiger partial charge in [0.1, 0.15) is 16.5 Å². The Kier molecular flexibility index (Phi) is 5.99. The number of nitrogens with zero attached hydrogens (tertiary/aromatic N) is 1. The van der Waals surface area contributed by atoms with Crippen molar-refractivity contribution in [1.29, 1.82) is 0 Å². The summed E-state index contributed by atoms with van der Waals surface area (Å²) in [6, 6.07) is 8.66. The SMILES string of the molecule is COc1ccc(F)cc1S(=O)(=O)N(C)CC(=O)Nc1cccc(C)c1C. The van der Waals surface area contributed by atoms with Gasteiger partial charge >= 0.3 is 0 Å². The van der Waals surface area contributed by atoms with Gasteiger partial charge in [-0.2, -0.15) is 4.31 Å². The van der Waals surface area contributed by atoms with E-state index < -0.39 is 28.3 Å². The number of aryl methyl sites for hydroxylation is 1. The number of hydrogen-bond donors (Lipinski definition) is 1. The fraction of sp³-hybridized carbons (Fsp3) is 0.278. The Bertz CT molecular complexity index is 929. The molecule has 0 unspecified atom stereocenters. The van der Waals surface area contributed by atoms with Crippen molar-refractivity contribution in [3.05, 3.63) is 53.3 Å². The molecule has 0 saturated carbocycles. The summed E-state index contributed by atoms with van der Waals surface area (Å²) in [7, 11) is -1.56. The van der Waals surface area contributed by atoms with Crippen LogP contribution >= 0.6 is 0 Å². The number of nitrogens with one attached hydrogen (secondary N) is 1. The van der Waals surface area contributed by atoms with E-state index in [9.17, 15) is 17.6 Å². The number of carbonyl (C=O) groups is 1. The van der Waals surface area contributed by atoms with Gasteiger partial charge in [-0.05, 0) is 49.2 Å². The second-order valence-electron chi connectivity index (χ2n) is 5.85. The van der Waals surface area contributed by atoms with Gasteiger partial charge in [-0.3, -0.25) is 4.79 Å². The fourth-order valence-corrected chi connectivity index (χ4v) is 3.67. The smallest absolute Gasteiger partial charge is 0.247 e. The van der Waals surface area contributed by atoms with Crippen LogP contribution in [0.15, 0.2) is 41.3 Å². The van der Waals surface area contributed by atoms with Gasteiger partial charge in [-0.25, -0.2) is 12.8 Å². The van der Waals surface area contributed by atoms with Crippen molar-refractivity contribution in [2.75, 3.05) is 26.0 Å². The largest absolute Gasteiger partial charge is 0.495 e. The standard InChI is InChI=1S/C18H21FN2O4S/c1-12-6-5-7-15(13(12)2)20-18(22)11-21(3)26(23,24)17-10-14(19)8-9-16(17)25-4/h5-10H,11H2,1-4H3,(H,20,22).